The van der Waals surface area contributed by atoms with Crippen LogP contribution in [0.4, 0.5) is 25.8 Å². The van der Waals surface area contributed by atoms with Crippen molar-refractivity contribution < 1.29 is 43.8 Å². The summed E-state index contributed by atoms with van der Waals surface area (Å²) in [5.41, 5.74) is 0. The molecule has 0 aliphatic carbocycles. The van der Waals surface area contributed by atoms with Gasteiger partial charge in [0.2, 0.25) is 0 Å². The van der Waals surface area contributed by atoms with E-state index in [1.165, 1.54) is 0 Å². The molecule has 0 fully saturated rings. The first-order valence-electron chi connectivity index (χ1n) is 2.50. The van der Waals surface area contributed by atoms with Gasteiger partial charge in [-0.25, -0.2) is 4.79 Å². The minimum absolute atomic E-state index is 2.02. The molecule has 11 heteroatoms. The number of carbonyl (C=O) groups excluding carboxylic acids is 1. The number of alkyl halides is 5. The van der Waals surface area contributed by atoms with Crippen LogP contribution in [0, 0.1) is 0 Å². The first-order valence-corrected chi connectivity index (χ1v) is 3.88. The lowest BCUT2D eigenvalue weighted by Gasteiger charge is -2.11. The van der Waals surface area contributed by atoms with Gasteiger partial charge in [-0.2, -0.15) is 17.2 Å². The molecule has 0 atom stereocenters. The van der Waals surface area contributed by atoms with Crippen molar-refractivity contribution in [3.05, 3.63) is 0 Å². The number of halogens is 6. The molecule has 0 amide bonds. The first-order chi connectivity index (χ1) is 5.88. The summed E-state index contributed by atoms with van der Waals surface area (Å²) in [6.45, 7) is 0. The van der Waals surface area contributed by atoms with E-state index in [2.05, 4.69) is 0 Å². The van der Waals surface area contributed by atoms with Gasteiger partial charge < -0.3 is 4.74 Å². The third-order valence-corrected chi connectivity index (χ3v) is 1.53. The van der Waals surface area contributed by atoms with Crippen molar-refractivity contribution in [2.75, 3.05) is 0 Å². The van der Waals surface area contributed by atoms with Gasteiger partial charge in [-0.1, -0.05) is 3.89 Å². The number of hydrogen-bond donors (Lipinski definition) is 0. The Morgan fingerprint density at radius 2 is 1.43 bits per heavy atom. The number of esters is 1. The summed E-state index contributed by atoms with van der Waals surface area (Å²) in [4.78, 5) is 9.82. The van der Waals surface area contributed by atoms with Crippen LogP contribution in [0.15, 0.2) is 0 Å². The van der Waals surface area contributed by atoms with E-state index in [-0.39, 0.29) is 0 Å². The van der Waals surface area contributed by atoms with Crippen LogP contribution >= 0.6 is 0 Å². The van der Waals surface area contributed by atoms with Crippen LogP contribution in [-0.4, -0.2) is 26.0 Å². The summed E-state index contributed by atoms with van der Waals surface area (Å²) < 4.78 is 89.8. The molecule has 0 saturated carbocycles. The lowest BCUT2D eigenvalue weighted by molar-refractivity contribution is -0.311. The van der Waals surface area contributed by atoms with E-state index in [0.717, 1.165) is 0 Å². The molecule has 0 aromatic carbocycles. The molecule has 0 bridgehead atoms. The molecular weight excluding hydrogens is 246 g/mol. The average Bonchev–Trinajstić information content (AvgIpc) is 1.80. The monoisotopic (exact) mass is 246 g/mol. The highest BCUT2D eigenvalue weighted by Gasteiger charge is 2.58. The average molecular weight is 246 g/mol. The quantitative estimate of drug-likeness (QED) is 0.413. The van der Waals surface area contributed by atoms with Gasteiger partial charge in [-0.05, 0) is 0 Å². The molecule has 4 nitrogen and oxygen atoms in total. The van der Waals surface area contributed by atoms with E-state index in [9.17, 15) is 39.1 Å². The van der Waals surface area contributed by atoms with Gasteiger partial charge in [-0.3, -0.25) is 0 Å². The molecule has 0 aromatic rings. The van der Waals surface area contributed by atoms with E-state index < -0.39 is 27.8 Å². The van der Waals surface area contributed by atoms with E-state index in [1.54, 1.807) is 0 Å². The Morgan fingerprint density at radius 3 is 1.64 bits per heavy atom. The van der Waals surface area contributed by atoms with Gasteiger partial charge in [0.15, 0.2) is 0 Å². The Balaban J connectivity index is 4.89. The van der Waals surface area contributed by atoms with Crippen LogP contribution in [0.2, 0.25) is 0 Å². The zero-order chi connectivity index (χ0) is 11.8. The fraction of sp³-hybridized carbons (Fsp3) is 0.667. The highest BCUT2D eigenvalue weighted by atomic mass is 32.3. The molecule has 14 heavy (non-hydrogen) atoms. The fourth-order valence-corrected chi connectivity index (χ4v) is 0.505. The van der Waals surface area contributed by atoms with Crippen molar-refractivity contribution >= 4 is 16.2 Å². The predicted molar refractivity (Wildman–Crippen MR) is 27.1 cm³/mol. The second kappa shape index (κ2) is 3.29. The van der Waals surface area contributed by atoms with E-state index in [4.69, 9.17) is 0 Å². The third kappa shape index (κ3) is 3.05. The van der Waals surface area contributed by atoms with Gasteiger partial charge in [0, 0.05) is 0 Å². The highest BCUT2D eigenvalue weighted by molar-refractivity contribution is 7.88. The lowest BCUT2D eigenvalue weighted by Crippen LogP contribution is -2.39. The van der Waals surface area contributed by atoms with Crippen LogP contribution in [-0.2, 0) is 19.8 Å². The maximum absolute atomic E-state index is 11.9. The smallest absolute Gasteiger partial charge is 0.367 e. The van der Waals surface area contributed by atoms with E-state index in [1.807, 2.05) is 4.74 Å². The Hall–Kier alpha value is -1.00. The summed E-state index contributed by atoms with van der Waals surface area (Å²) in [5.74, 6) is -3.55. The number of rotatable bonds is 2. The second-order valence-electron chi connectivity index (χ2n) is 1.79. The van der Waals surface area contributed by atoms with Crippen molar-refractivity contribution in [2.45, 2.75) is 11.6 Å². The molecule has 0 spiro atoms. The molecule has 0 heterocycles. The van der Waals surface area contributed by atoms with Crippen molar-refractivity contribution in [1.82, 2.24) is 0 Å². The highest BCUT2D eigenvalue weighted by Crippen LogP contribution is 2.28. The standard InChI is InChI=1S/C3F6O4S/c4-2(5,14(9,11)12)1(10)13-3(6,7)8. The summed E-state index contributed by atoms with van der Waals surface area (Å²) in [6.07, 6.45) is -5.81. The van der Waals surface area contributed by atoms with Crippen LogP contribution in [0.1, 0.15) is 0 Å². The Morgan fingerprint density at radius 1 is 1.07 bits per heavy atom. The third-order valence-electron chi connectivity index (χ3n) is 0.752. The first kappa shape index (κ1) is 13.0. The van der Waals surface area contributed by atoms with Crippen molar-refractivity contribution in [3.8, 4) is 0 Å². The van der Waals surface area contributed by atoms with Crippen LogP contribution in [0.5, 0.6) is 0 Å². The maximum Gasteiger partial charge on any atom is 0.575 e. The van der Waals surface area contributed by atoms with E-state index >= 15 is 0 Å². The van der Waals surface area contributed by atoms with Gasteiger partial charge in [0.1, 0.15) is 0 Å². The summed E-state index contributed by atoms with van der Waals surface area (Å²) >= 11 is 0. The molecule has 0 aromatic heterocycles. The lowest BCUT2D eigenvalue weighted by atomic mass is 10.7. The van der Waals surface area contributed by atoms with Crippen LogP contribution in [0.3, 0.4) is 0 Å². The minimum atomic E-state index is -6.78. The molecule has 0 saturated heterocycles. The zero-order valence-electron chi connectivity index (χ0n) is 5.81. The molecule has 0 N–H and O–H groups in total. The fourth-order valence-electron chi connectivity index (χ4n) is 0.264. The molecule has 0 rings (SSSR count). The normalized spacial score (nSPS) is 13.9. The van der Waals surface area contributed by atoms with Crippen LogP contribution < -0.4 is 0 Å². The summed E-state index contributed by atoms with van der Waals surface area (Å²) in [7, 11) is -6.78. The van der Waals surface area contributed by atoms with Crippen molar-refractivity contribution in [2.24, 2.45) is 0 Å². The maximum atomic E-state index is 11.9. The predicted octanol–water partition coefficient (Wildman–Crippen LogP) is 0.942. The zero-order valence-corrected chi connectivity index (χ0v) is 6.63. The van der Waals surface area contributed by atoms with Gasteiger partial charge in [0.05, 0.1) is 0 Å². The Bertz CT molecular complexity index is 327. The largest absolute Gasteiger partial charge is 0.575 e. The summed E-state index contributed by atoms with van der Waals surface area (Å²) in [6, 6.07) is 0. The molecule has 0 aliphatic heterocycles. The second-order valence-corrected chi connectivity index (χ2v) is 3.18. The van der Waals surface area contributed by atoms with Gasteiger partial charge >= 0.3 is 27.8 Å². The molecular formula is C3F6O4S. The van der Waals surface area contributed by atoms with Crippen molar-refractivity contribution in [3.63, 3.8) is 0 Å². The molecule has 0 radical (unpaired) electrons. The Labute approximate surface area is 72.7 Å². The number of ether oxygens (including phenoxy) is 1. The van der Waals surface area contributed by atoms with Gasteiger partial charge in [0.25, 0.3) is 0 Å². The molecule has 84 valence electrons. The van der Waals surface area contributed by atoms with Crippen LogP contribution in [0.25, 0.3) is 0 Å². The van der Waals surface area contributed by atoms with Crippen molar-refractivity contribution in [1.29, 1.82) is 0 Å². The molecule has 0 unspecified atom stereocenters. The SMILES string of the molecule is O=C(OC(F)(F)F)C(F)(F)S(=O)(=O)F. The Kier molecular flexibility index (Phi) is 3.06. The molecule has 0 aliphatic rings. The topological polar surface area (TPSA) is 60.4 Å². The van der Waals surface area contributed by atoms with Gasteiger partial charge in [-0.15, -0.1) is 13.2 Å². The minimum Gasteiger partial charge on any atom is -0.367 e. The van der Waals surface area contributed by atoms with E-state index in [0.29, 0.717) is 0 Å². The number of carbonyl (C=O) groups is 1. The number of hydrogen-bond acceptors (Lipinski definition) is 4. The summed E-state index contributed by atoms with van der Waals surface area (Å²) in [5, 5.41) is -5.87.